The predicted octanol–water partition coefficient (Wildman–Crippen LogP) is 1.23. The lowest BCUT2D eigenvalue weighted by Gasteiger charge is -2.27. The summed E-state index contributed by atoms with van der Waals surface area (Å²) in [4.78, 5) is 31.0. The summed E-state index contributed by atoms with van der Waals surface area (Å²) in [5, 5.41) is 0. The maximum Gasteiger partial charge on any atom is 0.470 e. The molecular formula is C15H24N5O6P. The van der Waals surface area contributed by atoms with E-state index in [1.165, 1.54) is 19.8 Å². The van der Waals surface area contributed by atoms with Crippen molar-refractivity contribution < 1.29 is 28.3 Å². The summed E-state index contributed by atoms with van der Waals surface area (Å²) in [6.07, 6.45) is 0.166. The van der Waals surface area contributed by atoms with Crippen LogP contribution in [0.3, 0.4) is 0 Å². The molecule has 1 aliphatic heterocycles. The molecule has 0 spiro atoms. The number of hydrogen-bond acceptors (Lipinski definition) is 8. The number of nitrogens with two attached hydrogens (primary N) is 1. The second-order valence-corrected chi connectivity index (χ2v) is 8.87. The van der Waals surface area contributed by atoms with Crippen LogP contribution in [-0.4, -0.2) is 54.7 Å². The Bertz CT molecular complexity index is 862. The number of fused-ring (bicyclic) bond motifs is 1. The van der Waals surface area contributed by atoms with Crippen LogP contribution in [0.4, 0.5) is 5.82 Å². The first-order valence-corrected chi connectivity index (χ1v) is 9.88. The van der Waals surface area contributed by atoms with E-state index in [9.17, 15) is 14.4 Å². The minimum Gasteiger partial charge on any atom is -0.382 e. The number of hydrogen-bond donors (Lipinski definition) is 3. The van der Waals surface area contributed by atoms with Gasteiger partial charge in [0.15, 0.2) is 17.7 Å². The van der Waals surface area contributed by atoms with E-state index in [1.54, 1.807) is 4.57 Å². The van der Waals surface area contributed by atoms with Gasteiger partial charge >= 0.3 is 7.82 Å². The zero-order valence-corrected chi connectivity index (χ0v) is 16.4. The summed E-state index contributed by atoms with van der Waals surface area (Å²) in [5.74, 6) is 0.222. The molecule has 1 fully saturated rings. The number of phosphoric ester groups is 1. The van der Waals surface area contributed by atoms with E-state index >= 15 is 0 Å². The molecule has 1 aliphatic rings. The summed E-state index contributed by atoms with van der Waals surface area (Å²) in [7, 11) is -3.33. The van der Waals surface area contributed by atoms with Crippen molar-refractivity contribution in [3.05, 3.63) is 12.7 Å². The Hall–Kier alpha value is -1.62. The van der Waals surface area contributed by atoms with Crippen LogP contribution in [-0.2, 0) is 18.6 Å². The van der Waals surface area contributed by atoms with Gasteiger partial charge in [-0.25, -0.2) is 19.5 Å². The second kappa shape index (κ2) is 7.08. The largest absolute Gasteiger partial charge is 0.470 e. The van der Waals surface area contributed by atoms with E-state index in [-0.39, 0.29) is 11.2 Å². The molecule has 12 heteroatoms. The molecule has 3 heterocycles. The van der Waals surface area contributed by atoms with Crippen molar-refractivity contribution in [2.75, 3.05) is 12.8 Å². The van der Waals surface area contributed by atoms with Crippen LogP contribution in [0.5, 0.6) is 0 Å². The van der Waals surface area contributed by atoms with Crippen molar-refractivity contribution in [2.24, 2.45) is 5.41 Å². The minimum absolute atomic E-state index is 0.169. The van der Waals surface area contributed by atoms with Gasteiger partial charge in [0.1, 0.15) is 24.1 Å². The quantitative estimate of drug-likeness (QED) is 0.623. The van der Waals surface area contributed by atoms with Crippen LogP contribution in [0.2, 0.25) is 0 Å². The fraction of sp³-hybridized carbons (Fsp3) is 0.667. The van der Waals surface area contributed by atoms with Crippen LogP contribution >= 0.6 is 7.82 Å². The van der Waals surface area contributed by atoms with Gasteiger partial charge in [-0.15, -0.1) is 0 Å². The number of imidazole rings is 1. The molecule has 150 valence electrons. The van der Waals surface area contributed by atoms with E-state index in [4.69, 9.17) is 19.7 Å². The Kier molecular flexibility index (Phi) is 5.28. The number of nitrogens with zero attached hydrogens (tertiary/aromatic N) is 4. The van der Waals surface area contributed by atoms with Crippen LogP contribution in [0.15, 0.2) is 12.7 Å². The molecule has 0 aromatic carbocycles. The monoisotopic (exact) mass is 401 g/mol. The van der Waals surface area contributed by atoms with Gasteiger partial charge in [0.2, 0.25) is 0 Å². The van der Waals surface area contributed by atoms with E-state index in [2.05, 4.69) is 15.0 Å². The lowest BCUT2D eigenvalue weighted by atomic mass is 9.87. The van der Waals surface area contributed by atoms with E-state index < -0.39 is 32.4 Å². The third kappa shape index (κ3) is 4.29. The number of methoxy groups -OCH3 is 1. The molecule has 0 amide bonds. The molecule has 0 saturated carbocycles. The molecule has 0 radical (unpaired) electrons. The average Bonchev–Trinajstić information content (AvgIpc) is 3.07. The number of aromatic nitrogens is 4. The third-order valence-electron chi connectivity index (χ3n) is 4.29. The molecule has 4 N–H and O–H groups in total. The molecule has 3 rings (SSSR count). The number of anilines is 1. The van der Waals surface area contributed by atoms with Gasteiger partial charge in [0, 0.05) is 7.11 Å². The summed E-state index contributed by atoms with van der Waals surface area (Å²) < 4.78 is 29.8. The zero-order valence-electron chi connectivity index (χ0n) is 15.5. The number of phosphoric acid groups is 1. The number of ether oxygens (including phenoxy) is 2. The van der Waals surface area contributed by atoms with E-state index in [1.807, 2.05) is 20.8 Å². The van der Waals surface area contributed by atoms with Gasteiger partial charge in [0.25, 0.3) is 0 Å². The average molecular weight is 401 g/mol. The van der Waals surface area contributed by atoms with Crippen LogP contribution in [0.1, 0.15) is 33.4 Å². The topological polar surface area (TPSA) is 155 Å². The lowest BCUT2D eigenvalue weighted by molar-refractivity contribution is -0.0549. The van der Waals surface area contributed by atoms with Crippen LogP contribution < -0.4 is 5.73 Å². The second-order valence-electron chi connectivity index (χ2n) is 7.67. The van der Waals surface area contributed by atoms with E-state index in [0.29, 0.717) is 17.6 Å². The van der Waals surface area contributed by atoms with Gasteiger partial charge in [-0.1, -0.05) is 20.8 Å². The highest BCUT2D eigenvalue weighted by atomic mass is 31.2. The Morgan fingerprint density at radius 3 is 2.59 bits per heavy atom. The molecule has 0 bridgehead atoms. The normalized spacial score (nSPS) is 26.7. The van der Waals surface area contributed by atoms with Crippen LogP contribution in [0.25, 0.3) is 11.2 Å². The minimum atomic E-state index is -4.76. The van der Waals surface area contributed by atoms with Crippen molar-refractivity contribution in [3.8, 4) is 0 Å². The first-order chi connectivity index (χ1) is 12.5. The Morgan fingerprint density at radius 2 is 2.00 bits per heavy atom. The fourth-order valence-electron chi connectivity index (χ4n) is 3.29. The predicted molar refractivity (Wildman–Crippen MR) is 95.4 cm³/mol. The maximum atomic E-state index is 11.5. The van der Waals surface area contributed by atoms with Gasteiger partial charge in [-0.2, -0.15) is 0 Å². The molecule has 0 aliphatic carbocycles. The summed E-state index contributed by atoms with van der Waals surface area (Å²) in [6, 6.07) is 0. The SMILES string of the molecule is COC1C(OP(=O)(O)O)[C@@H](CC(C)(C)C)O[C@H]1n1cnc2c(N)ncnc21. The molecule has 11 nitrogen and oxygen atoms in total. The molecule has 1 saturated heterocycles. The number of rotatable bonds is 5. The van der Waals surface area contributed by atoms with Gasteiger partial charge in [-0.3, -0.25) is 9.09 Å². The van der Waals surface area contributed by atoms with Gasteiger partial charge < -0.3 is 25.0 Å². The molecule has 2 unspecified atom stereocenters. The summed E-state index contributed by atoms with van der Waals surface area (Å²) in [6.45, 7) is 6.00. The van der Waals surface area contributed by atoms with Crippen molar-refractivity contribution in [2.45, 2.75) is 51.7 Å². The zero-order chi connectivity index (χ0) is 20.0. The molecular weight excluding hydrogens is 377 g/mol. The molecule has 27 heavy (non-hydrogen) atoms. The van der Waals surface area contributed by atoms with Crippen molar-refractivity contribution >= 4 is 24.8 Å². The van der Waals surface area contributed by atoms with Crippen molar-refractivity contribution in [1.82, 2.24) is 19.5 Å². The van der Waals surface area contributed by atoms with Gasteiger partial charge in [0.05, 0.1) is 12.4 Å². The Balaban J connectivity index is 2.01. The molecule has 2 aromatic rings. The number of nitrogen functional groups attached to an aromatic ring is 1. The maximum absolute atomic E-state index is 11.5. The summed E-state index contributed by atoms with van der Waals surface area (Å²) in [5.41, 5.74) is 6.50. The fourth-order valence-corrected chi connectivity index (χ4v) is 3.87. The smallest absolute Gasteiger partial charge is 0.382 e. The van der Waals surface area contributed by atoms with Crippen molar-refractivity contribution in [1.29, 1.82) is 0 Å². The van der Waals surface area contributed by atoms with Crippen LogP contribution in [0, 0.1) is 5.41 Å². The highest BCUT2D eigenvalue weighted by Crippen LogP contribution is 2.47. The van der Waals surface area contributed by atoms with E-state index in [0.717, 1.165) is 0 Å². The summed E-state index contributed by atoms with van der Waals surface area (Å²) >= 11 is 0. The first-order valence-electron chi connectivity index (χ1n) is 8.35. The van der Waals surface area contributed by atoms with Gasteiger partial charge in [-0.05, 0) is 11.8 Å². The molecule has 4 atom stereocenters. The Labute approximate surface area is 156 Å². The lowest BCUT2D eigenvalue weighted by Crippen LogP contribution is -2.36. The highest BCUT2D eigenvalue weighted by Gasteiger charge is 2.50. The third-order valence-corrected chi connectivity index (χ3v) is 4.81. The van der Waals surface area contributed by atoms with Crippen molar-refractivity contribution in [3.63, 3.8) is 0 Å². The standard InChI is InChI=1S/C15H24N5O6P/c1-15(2,3)5-8-10(26-27(21,22)23)11(24-4)14(25-8)20-7-19-9-12(16)17-6-18-13(9)20/h6-8,10-11,14H,5H2,1-4H3,(H2,16,17,18)(H2,21,22,23)/t8-,10?,11?,14-/m1/s1. The Morgan fingerprint density at radius 1 is 1.30 bits per heavy atom. The highest BCUT2D eigenvalue weighted by molar-refractivity contribution is 7.46. The molecule has 2 aromatic heterocycles. The first kappa shape index (κ1) is 20.1.